The molecular formula is C19H27N3O4S. The number of carbonyl (C=O) groups excluding carboxylic acids is 1. The first-order chi connectivity index (χ1) is 12.8. The molecule has 8 heteroatoms. The molecule has 1 aromatic carbocycles. The van der Waals surface area contributed by atoms with Crippen LogP contribution >= 0.6 is 0 Å². The number of sulfonamides is 1. The number of nitrogens with one attached hydrogen (secondary N) is 1. The Labute approximate surface area is 160 Å². The summed E-state index contributed by atoms with van der Waals surface area (Å²) in [6.45, 7) is 9.93. The molecule has 7 nitrogen and oxygen atoms in total. The SMILES string of the molecule is CCc1noc(C)c1C(=O)NC(C)c1ccc(S(=O)(=O)N(CC)CC)cc1. The van der Waals surface area contributed by atoms with Crippen molar-refractivity contribution in [2.45, 2.75) is 52.0 Å². The van der Waals surface area contributed by atoms with Gasteiger partial charge in [0.1, 0.15) is 11.3 Å². The van der Waals surface area contributed by atoms with Gasteiger partial charge in [0.2, 0.25) is 10.0 Å². The van der Waals surface area contributed by atoms with Crippen molar-refractivity contribution in [3.63, 3.8) is 0 Å². The lowest BCUT2D eigenvalue weighted by Gasteiger charge is -2.19. The zero-order chi connectivity index (χ0) is 20.2. The molecular weight excluding hydrogens is 366 g/mol. The highest BCUT2D eigenvalue weighted by molar-refractivity contribution is 7.89. The second-order valence-corrected chi connectivity index (χ2v) is 8.21. The molecule has 27 heavy (non-hydrogen) atoms. The summed E-state index contributed by atoms with van der Waals surface area (Å²) in [6.07, 6.45) is 0.604. The van der Waals surface area contributed by atoms with Crippen LogP contribution in [0.3, 0.4) is 0 Å². The van der Waals surface area contributed by atoms with Gasteiger partial charge in [-0.2, -0.15) is 4.31 Å². The van der Waals surface area contributed by atoms with Crippen LogP contribution in [0.2, 0.25) is 0 Å². The van der Waals surface area contributed by atoms with Gasteiger partial charge in [-0.15, -0.1) is 0 Å². The molecule has 0 aliphatic heterocycles. The Morgan fingerprint density at radius 2 is 1.78 bits per heavy atom. The van der Waals surface area contributed by atoms with Gasteiger partial charge >= 0.3 is 0 Å². The molecule has 1 unspecified atom stereocenters. The molecule has 148 valence electrons. The van der Waals surface area contributed by atoms with Crippen LogP contribution in [-0.2, 0) is 16.4 Å². The minimum absolute atomic E-state index is 0.247. The number of nitrogens with zero attached hydrogens (tertiary/aromatic N) is 2. The van der Waals surface area contributed by atoms with Crippen LogP contribution in [0, 0.1) is 6.92 Å². The van der Waals surface area contributed by atoms with Crippen molar-refractivity contribution < 1.29 is 17.7 Å². The predicted molar refractivity (Wildman–Crippen MR) is 103 cm³/mol. The lowest BCUT2D eigenvalue weighted by atomic mass is 10.1. The van der Waals surface area contributed by atoms with Gasteiger partial charge in [-0.05, 0) is 38.0 Å². The van der Waals surface area contributed by atoms with Crippen LogP contribution in [0.25, 0.3) is 0 Å². The van der Waals surface area contributed by atoms with E-state index in [4.69, 9.17) is 4.52 Å². The number of amides is 1. The number of hydrogen-bond donors (Lipinski definition) is 1. The topological polar surface area (TPSA) is 92.5 Å². The molecule has 1 heterocycles. The Balaban J connectivity index is 2.17. The Morgan fingerprint density at radius 3 is 2.30 bits per heavy atom. The highest BCUT2D eigenvalue weighted by atomic mass is 32.2. The van der Waals surface area contributed by atoms with Crippen LogP contribution in [0.15, 0.2) is 33.7 Å². The highest BCUT2D eigenvalue weighted by Gasteiger charge is 2.23. The van der Waals surface area contributed by atoms with Crippen LogP contribution < -0.4 is 5.32 Å². The van der Waals surface area contributed by atoms with Crippen molar-refractivity contribution in [2.24, 2.45) is 0 Å². The summed E-state index contributed by atoms with van der Waals surface area (Å²) >= 11 is 0. The molecule has 0 aliphatic rings. The smallest absolute Gasteiger partial charge is 0.257 e. The first-order valence-electron chi connectivity index (χ1n) is 9.12. The molecule has 0 radical (unpaired) electrons. The van der Waals surface area contributed by atoms with Crippen molar-refractivity contribution in [1.82, 2.24) is 14.8 Å². The maximum atomic E-state index is 12.6. The van der Waals surface area contributed by atoms with Gasteiger partial charge in [-0.3, -0.25) is 4.79 Å². The van der Waals surface area contributed by atoms with E-state index in [1.165, 1.54) is 4.31 Å². The van der Waals surface area contributed by atoms with Gasteiger partial charge in [-0.25, -0.2) is 8.42 Å². The number of benzene rings is 1. The molecule has 1 amide bonds. The highest BCUT2D eigenvalue weighted by Crippen LogP contribution is 2.21. The fourth-order valence-electron chi connectivity index (χ4n) is 2.94. The molecule has 2 rings (SSSR count). The van der Waals surface area contributed by atoms with E-state index in [9.17, 15) is 13.2 Å². The average Bonchev–Trinajstić information content (AvgIpc) is 3.03. The van der Waals surface area contributed by atoms with E-state index in [0.717, 1.165) is 5.56 Å². The minimum Gasteiger partial charge on any atom is -0.361 e. The van der Waals surface area contributed by atoms with Gasteiger partial charge < -0.3 is 9.84 Å². The zero-order valence-corrected chi connectivity index (χ0v) is 17.3. The molecule has 1 N–H and O–H groups in total. The van der Waals surface area contributed by atoms with E-state index in [0.29, 0.717) is 36.5 Å². The van der Waals surface area contributed by atoms with Crippen molar-refractivity contribution in [1.29, 1.82) is 0 Å². The normalized spacial score (nSPS) is 13.0. The van der Waals surface area contributed by atoms with Crippen molar-refractivity contribution in [3.8, 4) is 0 Å². The third-order valence-electron chi connectivity index (χ3n) is 4.57. The molecule has 1 aromatic heterocycles. The average molecular weight is 394 g/mol. The molecule has 2 aromatic rings. The van der Waals surface area contributed by atoms with Crippen LogP contribution in [0.5, 0.6) is 0 Å². The molecule has 0 saturated heterocycles. The first kappa shape index (κ1) is 21.1. The zero-order valence-electron chi connectivity index (χ0n) is 16.4. The summed E-state index contributed by atoms with van der Waals surface area (Å²) in [5.74, 6) is 0.232. The van der Waals surface area contributed by atoms with Crippen LogP contribution in [0.4, 0.5) is 0 Å². The largest absolute Gasteiger partial charge is 0.361 e. The Morgan fingerprint density at radius 1 is 1.19 bits per heavy atom. The van der Waals surface area contributed by atoms with Crippen molar-refractivity contribution in [3.05, 3.63) is 46.8 Å². The molecule has 0 fully saturated rings. The summed E-state index contributed by atoms with van der Waals surface area (Å²) in [7, 11) is -3.49. The maximum Gasteiger partial charge on any atom is 0.257 e. The number of carbonyl (C=O) groups is 1. The minimum atomic E-state index is -3.49. The lowest BCUT2D eigenvalue weighted by Crippen LogP contribution is -2.30. The standard InChI is InChI=1S/C19H27N3O4S/c1-6-17-18(14(5)26-21-17)19(23)20-13(4)15-9-11-16(12-10-15)27(24,25)22(7-2)8-3/h9-13H,6-8H2,1-5H3,(H,20,23). The molecule has 1 atom stereocenters. The number of aryl methyl sites for hydroxylation is 2. The summed E-state index contributed by atoms with van der Waals surface area (Å²) in [6, 6.07) is 6.31. The second kappa shape index (κ2) is 8.67. The summed E-state index contributed by atoms with van der Waals surface area (Å²) in [5.41, 5.74) is 1.90. The van der Waals surface area contributed by atoms with Gasteiger partial charge in [-0.1, -0.05) is 38.1 Å². The lowest BCUT2D eigenvalue weighted by molar-refractivity contribution is 0.0937. The first-order valence-corrected chi connectivity index (χ1v) is 10.6. The summed E-state index contributed by atoms with van der Waals surface area (Å²) in [4.78, 5) is 12.8. The van der Waals surface area contributed by atoms with Crippen LogP contribution in [0.1, 0.15) is 61.1 Å². The van der Waals surface area contributed by atoms with E-state index in [2.05, 4.69) is 10.5 Å². The van der Waals surface area contributed by atoms with Crippen molar-refractivity contribution >= 4 is 15.9 Å². The molecule has 0 aliphatic carbocycles. The summed E-state index contributed by atoms with van der Waals surface area (Å²) < 4.78 is 31.6. The van der Waals surface area contributed by atoms with Crippen LogP contribution in [-0.4, -0.2) is 36.9 Å². The fraction of sp³-hybridized carbons (Fsp3) is 0.474. The van der Waals surface area contributed by atoms with Gasteiger partial charge in [0.15, 0.2) is 0 Å². The van der Waals surface area contributed by atoms with E-state index in [-0.39, 0.29) is 16.8 Å². The number of rotatable bonds is 8. The molecule has 0 bridgehead atoms. The third-order valence-corrected chi connectivity index (χ3v) is 6.63. The van der Waals surface area contributed by atoms with Gasteiger partial charge in [0.05, 0.1) is 16.6 Å². The van der Waals surface area contributed by atoms with Crippen molar-refractivity contribution in [2.75, 3.05) is 13.1 Å². The Kier molecular flexibility index (Phi) is 6.78. The maximum absolute atomic E-state index is 12.6. The second-order valence-electron chi connectivity index (χ2n) is 6.27. The van der Waals surface area contributed by atoms with Gasteiger partial charge in [0, 0.05) is 13.1 Å². The monoisotopic (exact) mass is 393 g/mol. The predicted octanol–water partition coefficient (Wildman–Crippen LogP) is 3.07. The van der Waals surface area contributed by atoms with Gasteiger partial charge in [0.25, 0.3) is 5.91 Å². The summed E-state index contributed by atoms with van der Waals surface area (Å²) in [5, 5.41) is 6.82. The Bertz CT molecular complexity index is 884. The van der Waals surface area contributed by atoms with E-state index < -0.39 is 10.0 Å². The molecule has 0 spiro atoms. The quantitative estimate of drug-likeness (QED) is 0.744. The van der Waals surface area contributed by atoms with E-state index in [1.54, 1.807) is 31.2 Å². The number of aromatic nitrogens is 1. The Hall–Kier alpha value is -2.19. The third kappa shape index (κ3) is 4.39. The molecule has 0 saturated carbocycles. The van der Waals surface area contributed by atoms with E-state index >= 15 is 0 Å². The fourth-order valence-corrected chi connectivity index (χ4v) is 4.40. The van der Waals surface area contributed by atoms with E-state index in [1.807, 2.05) is 27.7 Å². The number of hydrogen-bond acceptors (Lipinski definition) is 5.